The molecule has 134 valence electrons. The molecule has 0 aliphatic heterocycles. The molecular weight excluding hydrogens is 417 g/mol. The molecule has 1 aliphatic carbocycles. The maximum absolute atomic E-state index is 12.1. The van der Waals surface area contributed by atoms with Crippen LogP contribution in [0.1, 0.15) is 37.8 Å². The Balaban J connectivity index is 0.00000288. The Bertz CT molecular complexity index is 517. The third-order valence-corrected chi connectivity index (χ3v) is 4.20. The second-order valence-corrected chi connectivity index (χ2v) is 6.07. The summed E-state index contributed by atoms with van der Waals surface area (Å²) in [6, 6.07) is 6.20. The van der Waals surface area contributed by atoms with E-state index in [0.29, 0.717) is 18.5 Å². The number of guanidine groups is 1. The predicted molar refractivity (Wildman–Crippen MR) is 107 cm³/mol. The number of hydrogen-bond acceptors (Lipinski definition) is 3. The van der Waals surface area contributed by atoms with Gasteiger partial charge in [-0.15, -0.1) is 24.0 Å². The van der Waals surface area contributed by atoms with Gasteiger partial charge in [0, 0.05) is 37.9 Å². The predicted octanol–water partition coefficient (Wildman–Crippen LogP) is 1.94. The Labute approximate surface area is 161 Å². The topological polar surface area (TPSA) is 83.6 Å². The fourth-order valence-corrected chi connectivity index (χ4v) is 2.73. The van der Waals surface area contributed by atoms with Crippen LogP contribution in [0.2, 0.25) is 0 Å². The molecular formula is C17H28IN5O. The van der Waals surface area contributed by atoms with Crippen LogP contribution in [0.15, 0.2) is 29.4 Å². The normalized spacial score (nSPS) is 15.5. The van der Waals surface area contributed by atoms with E-state index >= 15 is 0 Å². The van der Waals surface area contributed by atoms with Crippen molar-refractivity contribution in [2.45, 2.75) is 44.6 Å². The molecule has 0 spiro atoms. The summed E-state index contributed by atoms with van der Waals surface area (Å²) in [5.41, 5.74) is 6.86. The summed E-state index contributed by atoms with van der Waals surface area (Å²) in [5, 5.41) is 3.22. The van der Waals surface area contributed by atoms with Gasteiger partial charge in [0.2, 0.25) is 5.91 Å². The summed E-state index contributed by atoms with van der Waals surface area (Å²) < 4.78 is 0. The molecule has 1 aliphatic rings. The Morgan fingerprint density at radius 3 is 2.79 bits per heavy atom. The van der Waals surface area contributed by atoms with Gasteiger partial charge in [0.25, 0.3) is 0 Å². The lowest BCUT2D eigenvalue weighted by Crippen LogP contribution is -2.42. The molecule has 0 saturated heterocycles. The van der Waals surface area contributed by atoms with E-state index in [0.717, 1.165) is 25.0 Å². The van der Waals surface area contributed by atoms with E-state index in [-0.39, 0.29) is 36.4 Å². The van der Waals surface area contributed by atoms with Crippen LogP contribution in [-0.2, 0) is 11.2 Å². The number of nitrogens with two attached hydrogens (primary N) is 1. The molecule has 1 saturated carbocycles. The van der Waals surface area contributed by atoms with E-state index in [4.69, 9.17) is 5.73 Å². The monoisotopic (exact) mass is 445 g/mol. The highest BCUT2D eigenvalue weighted by molar-refractivity contribution is 14.0. The minimum absolute atomic E-state index is 0. The lowest BCUT2D eigenvalue weighted by molar-refractivity contribution is -0.128. The molecule has 0 unspecified atom stereocenters. The highest BCUT2D eigenvalue weighted by atomic mass is 127. The summed E-state index contributed by atoms with van der Waals surface area (Å²) in [6.45, 7) is 0.714. The zero-order valence-corrected chi connectivity index (χ0v) is 16.6. The first kappa shape index (κ1) is 20.7. The SMILES string of the molecule is CN(CCc1ccccn1)C(=O)CN=C(N)NC1CCCCC1.I. The Kier molecular flexibility index (Phi) is 9.66. The number of aliphatic imine (C=N–C) groups is 1. The number of carbonyl (C=O) groups is 1. The summed E-state index contributed by atoms with van der Waals surface area (Å²) in [6.07, 6.45) is 8.54. The van der Waals surface area contributed by atoms with Crippen LogP contribution >= 0.6 is 24.0 Å². The Morgan fingerprint density at radius 1 is 1.38 bits per heavy atom. The van der Waals surface area contributed by atoms with Crippen molar-refractivity contribution >= 4 is 35.8 Å². The Hall–Kier alpha value is -1.38. The van der Waals surface area contributed by atoms with Gasteiger partial charge in [-0.05, 0) is 25.0 Å². The van der Waals surface area contributed by atoms with Crippen LogP contribution in [0.5, 0.6) is 0 Å². The molecule has 2 rings (SSSR count). The number of pyridine rings is 1. The number of rotatable bonds is 6. The molecule has 1 aromatic rings. The van der Waals surface area contributed by atoms with Gasteiger partial charge in [-0.1, -0.05) is 25.3 Å². The van der Waals surface area contributed by atoms with Crippen molar-refractivity contribution in [1.82, 2.24) is 15.2 Å². The zero-order valence-electron chi connectivity index (χ0n) is 14.3. The lowest BCUT2D eigenvalue weighted by atomic mass is 9.96. The number of nitrogens with one attached hydrogen (secondary N) is 1. The van der Waals surface area contributed by atoms with Crippen molar-refractivity contribution in [3.63, 3.8) is 0 Å². The fourth-order valence-electron chi connectivity index (χ4n) is 2.73. The van der Waals surface area contributed by atoms with E-state index in [1.54, 1.807) is 18.1 Å². The van der Waals surface area contributed by atoms with Crippen LogP contribution < -0.4 is 11.1 Å². The van der Waals surface area contributed by atoms with Gasteiger partial charge in [0.15, 0.2) is 5.96 Å². The van der Waals surface area contributed by atoms with E-state index in [9.17, 15) is 4.79 Å². The molecule has 24 heavy (non-hydrogen) atoms. The maximum atomic E-state index is 12.1. The van der Waals surface area contributed by atoms with Crippen molar-refractivity contribution in [3.8, 4) is 0 Å². The molecule has 6 nitrogen and oxygen atoms in total. The van der Waals surface area contributed by atoms with Gasteiger partial charge in [-0.2, -0.15) is 0 Å². The number of nitrogens with zero attached hydrogens (tertiary/aromatic N) is 3. The molecule has 0 atom stereocenters. The molecule has 0 radical (unpaired) electrons. The van der Waals surface area contributed by atoms with Crippen LogP contribution in [0.3, 0.4) is 0 Å². The number of carbonyl (C=O) groups excluding carboxylic acids is 1. The minimum atomic E-state index is -0.0330. The van der Waals surface area contributed by atoms with E-state index in [1.807, 2.05) is 18.2 Å². The fraction of sp³-hybridized carbons (Fsp3) is 0.588. The van der Waals surface area contributed by atoms with Crippen LogP contribution in [0.25, 0.3) is 0 Å². The first-order chi connectivity index (χ1) is 11.1. The molecule has 1 heterocycles. The standard InChI is InChI=1S/C17H27N5O.HI/c1-22(12-10-14-7-5-6-11-19-14)16(23)13-20-17(18)21-15-8-3-2-4-9-15;/h5-7,11,15H,2-4,8-10,12-13H2,1H3,(H3,18,20,21);1H. The Morgan fingerprint density at radius 2 is 2.12 bits per heavy atom. The number of halogens is 1. The molecule has 1 amide bonds. The van der Waals surface area contributed by atoms with Gasteiger partial charge in [-0.25, -0.2) is 4.99 Å². The van der Waals surface area contributed by atoms with Gasteiger partial charge >= 0.3 is 0 Å². The quantitative estimate of drug-likeness (QED) is 0.398. The minimum Gasteiger partial charge on any atom is -0.370 e. The summed E-state index contributed by atoms with van der Waals surface area (Å²) in [4.78, 5) is 22.2. The number of likely N-dealkylation sites (N-methyl/N-ethyl adjacent to an activating group) is 1. The number of aromatic nitrogens is 1. The largest absolute Gasteiger partial charge is 0.370 e. The molecule has 0 bridgehead atoms. The average Bonchev–Trinajstić information content (AvgIpc) is 2.59. The summed E-state index contributed by atoms with van der Waals surface area (Å²) >= 11 is 0. The van der Waals surface area contributed by atoms with Crippen molar-refractivity contribution in [3.05, 3.63) is 30.1 Å². The smallest absolute Gasteiger partial charge is 0.244 e. The van der Waals surface area contributed by atoms with E-state index in [1.165, 1.54) is 19.3 Å². The van der Waals surface area contributed by atoms with Crippen molar-refractivity contribution in [2.24, 2.45) is 10.7 Å². The zero-order chi connectivity index (χ0) is 16.5. The molecule has 3 N–H and O–H groups in total. The van der Waals surface area contributed by atoms with E-state index < -0.39 is 0 Å². The van der Waals surface area contributed by atoms with Crippen molar-refractivity contribution < 1.29 is 4.79 Å². The maximum Gasteiger partial charge on any atom is 0.244 e. The molecule has 7 heteroatoms. The number of hydrogen-bond donors (Lipinski definition) is 2. The highest BCUT2D eigenvalue weighted by Crippen LogP contribution is 2.16. The summed E-state index contributed by atoms with van der Waals surface area (Å²) in [7, 11) is 1.78. The van der Waals surface area contributed by atoms with Crippen molar-refractivity contribution in [2.75, 3.05) is 20.1 Å². The van der Waals surface area contributed by atoms with Gasteiger partial charge in [-0.3, -0.25) is 9.78 Å². The molecule has 1 aromatic heterocycles. The van der Waals surface area contributed by atoms with Crippen LogP contribution in [0.4, 0.5) is 0 Å². The van der Waals surface area contributed by atoms with Crippen LogP contribution in [-0.4, -0.2) is 47.9 Å². The van der Waals surface area contributed by atoms with Gasteiger partial charge in [0.05, 0.1) is 0 Å². The lowest BCUT2D eigenvalue weighted by Gasteiger charge is -2.23. The first-order valence-electron chi connectivity index (χ1n) is 8.35. The molecule has 1 fully saturated rings. The van der Waals surface area contributed by atoms with Crippen molar-refractivity contribution in [1.29, 1.82) is 0 Å². The first-order valence-corrected chi connectivity index (χ1v) is 8.35. The highest BCUT2D eigenvalue weighted by Gasteiger charge is 2.14. The second kappa shape index (κ2) is 11.2. The number of amides is 1. The molecule has 0 aromatic carbocycles. The van der Waals surface area contributed by atoms with Crippen LogP contribution in [0, 0.1) is 0 Å². The third-order valence-electron chi connectivity index (χ3n) is 4.20. The van der Waals surface area contributed by atoms with Gasteiger partial charge in [0.1, 0.15) is 6.54 Å². The summed E-state index contributed by atoms with van der Waals surface area (Å²) in [5.74, 6) is 0.345. The second-order valence-electron chi connectivity index (χ2n) is 6.07. The third kappa shape index (κ3) is 7.46. The van der Waals surface area contributed by atoms with Gasteiger partial charge < -0.3 is 16.0 Å². The van der Waals surface area contributed by atoms with E-state index in [2.05, 4.69) is 15.3 Å². The average molecular weight is 445 g/mol.